The summed E-state index contributed by atoms with van der Waals surface area (Å²) < 4.78 is 12.8. The number of aryl methyl sites for hydroxylation is 2. The van der Waals surface area contributed by atoms with E-state index in [4.69, 9.17) is 14.6 Å². The third-order valence-corrected chi connectivity index (χ3v) is 8.58. The van der Waals surface area contributed by atoms with Crippen molar-refractivity contribution in [3.63, 3.8) is 0 Å². The Bertz CT molecular complexity index is 841. The average molecular weight is 399 g/mol. The summed E-state index contributed by atoms with van der Waals surface area (Å²) in [6.07, 6.45) is 9.81. The fourth-order valence-corrected chi connectivity index (χ4v) is 7.67. The van der Waals surface area contributed by atoms with Gasteiger partial charge in [0.05, 0.1) is 11.4 Å². The summed E-state index contributed by atoms with van der Waals surface area (Å²) in [5.41, 5.74) is 5.67. The molecule has 0 aliphatic heterocycles. The standard InChI is InChI=1S/C24H34N2O3/c1-13-23-14(2)25-26(3)20(23)11-15-5-6-17-16-9-10-21(29-22(27)12-28-4)18(16)7-8-19(17)24(13)15/h11,13,16-19,21,24H,5-10,12H2,1-4H3. The Kier molecular flexibility index (Phi) is 4.84. The molecule has 0 amide bonds. The predicted molar refractivity (Wildman–Crippen MR) is 111 cm³/mol. The molecule has 0 bridgehead atoms. The van der Waals surface area contributed by atoms with Gasteiger partial charge in [-0.3, -0.25) is 4.68 Å². The lowest BCUT2D eigenvalue weighted by Crippen LogP contribution is -2.44. The molecule has 0 N–H and O–H groups in total. The van der Waals surface area contributed by atoms with Crippen LogP contribution in [0.1, 0.15) is 68.3 Å². The van der Waals surface area contributed by atoms with Crippen molar-refractivity contribution in [3.05, 3.63) is 22.5 Å². The number of methoxy groups -OCH3 is 1. The third-order valence-electron chi connectivity index (χ3n) is 8.58. The van der Waals surface area contributed by atoms with E-state index in [1.807, 2.05) is 0 Å². The van der Waals surface area contributed by atoms with Gasteiger partial charge in [-0.25, -0.2) is 4.79 Å². The van der Waals surface area contributed by atoms with E-state index >= 15 is 0 Å². The Labute approximate surface area is 173 Å². The first kappa shape index (κ1) is 19.3. The fraction of sp³-hybridized carbons (Fsp3) is 0.750. The summed E-state index contributed by atoms with van der Waals surface area (Å²) in [6.45, 7) is 4.67. The number of rotatable bonds is 3. The van der Waals surface area contributed by atoms with E-state index < -0.39 is 0 Å². The monoisotopic (exact) mass is 398 g/mol. The van der Waals surface area contributed by atoms with E-state index in [9.17, 15) is 4.79 Å². The maximum Gasteiger partial charge on any atom is 0.332 e. The lowest BCUT2D eigenvalue weighted by molar-refractivity contribution is -0.156. The quantitative estimate of drug-likeness (QED) is 0.714. The highest BCUT2D eigenvalue weighted by molar-refractivity contribution is 5.71. The van der Waals surface area contributed by atoms with Gasteiger partial charge in [-0.15, -0.1) is 0 Å². The number of carbonyl (C=O) groups is 1. The second-order valence-corrected chi connectivity index (χ2v) is 9.85. The third kappa shape index (κ3) is 2.99. The van der Waals surface area contributed by atoms with Gasteiger partial charge in [-0.05, 0) is 87.0 Å². The average Bonchev–Trinajstić information content (AvgIpc) is 3.22. The van der Waals surface area contributed by atoms with Gasteiger partial charge < -0.3 is 9.47 Å². The Morgan fingerprint density at radius 2 is 1.86 bits per heavy atom. The summed E-state index contributed by atoms with van der Waals surface area (Å²) in [7, 11) is 3.63. The molecule has 5 rings (SSSR count). The number of allylic oxidation sites excluding steroid dienone is 1. The molecule has 5 nitrogen and oxygen atoms in total. The van der Waals surface area contributed by atoms with E-state index in [0.29, 0.717) is 17.8 Å². The molecule has 29 heavy (non-hydrogen) atoms. The van der Waals surface area contributed by atoms with Crippen LogP contribution in [0, 0.1) is 36.5 Å². The normalized spacial score (nSPS) is 37.8. The van der Waals surface area contributed by atoms with Crippen molar-refractivity contribution in [2.75, 3.05) is 13.7 Å². The zero-order valence-electron chi connectivity index (χ0n) is 18.2. The van der Waals surface area contributed by atoms with Crippen molar-refractivity contribution in [1.82, 2.24) is 9.78 Å². The second-order valence-electron chi connectivity index (χ2n) is 9.85. The minimum atomic E-state index is -0.199. The van der Waals surface area contributed by atoms with Gasteiger partial charge in [0.1, 0.15) is 12.7 Å². The number of nitrogens with zero attached hydrogens (tertiary/aromatic N) is 2. The largest absolute Gasteiger partial charge is 0.460 e. The molecule has 1 aromatic rings. The molecular formula is C24H34N2O3. The summed E-state index contributed by atoms with van der Waals surface area (Å²) in [5, 5.41) is 4.72. The maximum atomic E-state index is 12.0. The molecule has 4 aliphatic rings. The van der Waals surface area contributed by atoms with E-state index in [2.05, 4.69) is 31.7 Å². The van der Waals surface area contributed by atoms with Crippen molar-refractivity contribution in [2.45, 2.75) is 64.4 Å². The smallest absolute Gasteiger partial charge is 0.332 e. The fourth-order valence-electron chi connectivity index (χ4n) is 7.67. The van der Waals surface area contributed by atoms with Gasteiger partial charge in [0.25, 0.3) is 0 Å². The Morgan fingerprint density at radius 3 is 2.66 bits per heavy atom. The first-order valence-corrected chi connectivity index (χ1v) is 11.4. The molecule has 3 saturated carbocycles. The van der Waals surface area contributed by atoms with Crippen molar-refractivity contribution in [3.8, 4) is 0 Å². The number of esters is 1. The topological polar surface area (TPSA) is 53.4 Å². The summed E-state index contributed by atoms with van der Waals surface area (Å²) >= 11 is 0. The number of hydrogen-bond donors (Lipinski definition) is 0. The van der Waals surface area contributed by atoms with Crippen LogP contribution in [0.15, 0.2) is 5.57 Å². The van der Waals surface area contributed by atoms with Gasteiger partial charge in [-0.2, -0.15) is 5.10 Å². The van der Waals surface area contributed by atoms with E-state index in [0.717, 1.165) is 24.2 Å². The molecule has 0 spiro atoms. The lowest BCUT2D eigenvalue weighted by Gasteiger charge is -2.51. The molecule has 1 aromatic heterocycles. The molecule has 3 fully saturated rings. The molecule has 7 atom stereocenters. The first-order valence-electron chi connectivity index (χ1n) is 11.4. The summed E-state index contributed by atoms with van der Waals surface area (Å²) in [4.78, 5) is 12.0. The minimum absolute atomic E-state index is 0.0699. The van der Waals surface area contributed by atoms with Crippen LogP contribution in [0.2, 0.25) is 0 Å². The van der Waals surface area contributed by atoms with Gasteiger partial charge in [0.15, 0.2) is 0 Å². The van der Waals surface area contributed by atoms with Crippen LogP contribution in [0.3, 0.4) is 0 Å². The zero-order valence-corrected chi connectivity index (χ0v) is 18.2. The van der Waals surface area contributed by atoms with E-state index in [1.54, 1.807) is 12.7 Å². The van der Waals surface area contributed by atoms with Crippen LogP contribution < -0.4 is 0 Å². The van der Waals surface area contributed by atoms with Crippen LogP contribution in [-0.4, -0.2) is 35.6 Å². The van der Waals surface area contributed by atoms with Crippen LogP contribution in [0.5, 0.6) is 0 Å². The minimum Gasteiger partial charge on any atom is -0.460 e. The van der Waals surface area contributed by atoms with Crippen molar-refractivity contribution < 1.29 is 14.3 Å². The molecule has 5 heteroatoms. The number of ether oxygens (including phenoxy) is 2. The highest BCUT2D eigenvalue weighted by Gasteiger charge is 2.52. The van der Waals surface area contributed by atoms with E-state index in [1.165, 1.54) is 49.1 Å². The van der Waals surface area contributed by atoms with E-state index in [-0.39, 0.29) is 18.7 Å². The highest BCUT2D eigenvalue weighted by atomic mass is 16.6. The van der Waals surface area contributed by atoms with Crippen LogP contribution in [-0.2, 0) is 21.3 Å². The Hall–Kier alpha value is -1.62. The van der Waals surface area contributed by atoms with Gasteiger partial charge >= 0.3 is 5.97 Å². The Morgan fingerprint density at radius 1 is 1.14 bits per heavy atom. The highest BCUT2D eigenvalue weighted by Crippen LogP contribution is 2.59. The van der Waals surface area contributed by atoms with Crippen molar-refractivity contribution in [1.29, 1.82) is 0 Å². The summed E-state index contributed by atoms with van der Waals surface area (Å²) in [5.74, 6) is 3.85. The first-order chi connectivity index (χ1) is 14.0. The van der Waals surface area contributed by atoms with Crippen molar-refractivity contribution in [2.24, 2.45) is 36.6 Å². The number of aromatic nitrogens is 2. The number of carbonyl (C=O) groups excluding carboxylic acids is 1. The molecule has 0 radical (unpaired) electrons. The van der Waals surface area contributed by atoms with Crippen LogP contribution in [0.4, 0.5) is 0 Å². The lowest BCUT2D eigenvalue weighted by atomic mass is 9.54. The van der Waals surface area contributed by atoms with Crippen molar-refractivity contribution >= 4 is 12.0 Å². The Balaban J connectivity index is 1.37. The van der Waals surface area contributed by atoms with Gasteiger partial charge in [-0.1, -0.05) is 12.5 Å². The zero-order chi connectivity index (χ0) is 20.3. The molecule has 7 unspecified atom stereocenters. The second kappa shape index (κ2) is 7.26. The molecule has 1 heterocycles. The molecule has 158 valence electrons. The maximum absolute atomic E-state index is 12.0. The molecular weight excluding hydrogens is 364 g/mol. The SMILES string of the molecule is COCC(=O)OC1CCC2C1CCC1C2CCC2=Cc3c(c(C)nn3C)C(C)C21. The molecule has 4 aliphatic carbocycles. The van der Waals surface area contributed by atoms with Gasteiger partial charge in [0, 0.05) is 19.7 Å². The predicted octanol–water partition coefficient (Wildman–Crippen LogP) is 4.25. The molecule has 0 saturated heterocycles. The molecule has 0 aromatic carbocycles. The number of fused-ring (bicyclic) bond motifs is 6. The van der Waals surface area contributed by atoms with Crippen LogP contribution >= 0.6 is 0 Å². The summed E-state index contributed by atoms with van der Waals surface area (Å²) in [6, 6.07) is 0. The van der Waals surface area contributed by atoms with Crippen LogP contribution in [0.25, 0.3) is 6.08 Å². The number of hydrogen-bond acceptors (Lipinski definition) is 4. The van der Waals surface area contributed by atoms with Gasteiger partial charge in [0.2, 0.25) is 0 Å².